The number of hydrogen-bond acceptors (Lipinski definition) is 4. The van der Waals surface area contributed by atoms with E-state index < -0.39 is 6.10 Å². The van der Waals surface area contributed by atoms with Crippen LogP contribution >= 0.6 is 0 Å². The highest BCUT2D eigenvalue weighted by Gasteiger charge is 2.19. The molecule has 142 valence electrons. The molecule has 0 saturated heterocycles. The van der Waals surface area contributed by atoms with Crippen LogP contribution in [-0.2, 0) is 0 Å². The molecule has 2 aliphatic rings. The van der Waals surface area contributed by atoms with Gasteiger partial charge in [-0.05, 0) is 47.4 Å². The second-order valence-corrected chi connectivity index (χ2v) is 7.02. The second kappa shape index (κ2) is 8.11. The largest absolute Gasteiger partial charge is 0.490 e. The number of aliphatic hydroxyl groups is 1. The highest BCUT2D eigenvalue weighted by atomic mass is 19.1. The zero-order valence-electron chi connectivity index (χ0n) is 15.2. The molecule has 5 heteroatoms. The Labute approximate surface area is 158 Å². The molecule has 4 rings (SSSR count). The maximum Gasteiger partial charge on any atom is 0.161 e. The molecule has 1 N–H and O–H groups in total. The normalized spacial score (nSPS) is 18.5. The summed E-state index contributed by atoms with van der Waals surface area (Å²) >= 11 is 0. The Hall–Kier alpha value is -2.37. The van der Waals surface area contributed by atoms with Crippen LogP contribution in [0.3, 0.4) is 0 Å². The molecule has 0 saturated carbocycles. The first-order valence-electron chi connectivity index (χ1n) is 9.44. The highest BCUT2D eigenvalue weighted by Crippen LogP contribution is 2.33. The summed E-state index contributed by atoms with van der Waals surface area (Å²) in [6.07, 6.45) is 3.34. The van der Waals surface area contributed by atoms with Crippen molar-refractivity contribution in [1.82, 2.24) is 4.90 Å². The number of fused-ring (bicyclic) bond motifs is 1. The standard InChI is InChI=1S/C22H24FNO3/c23-19-5-2-16(3-6-19)17-8-10-24(11-9-17)15-20(25)18-4-7-21-22(14-18)27-13-1-12-26-21/h2-8,14,20,25H,1,9-13,15H2/t20-/m0/s1. The van der Waals surface area contributed by atoms with Crippen molar-refractivity contribution < 1.29 is 19.0 Å². The lowest BCUT2D eigenvalue weighted by Crippen LogP contribution is -2.32. The summed E-state index contributed by atoms with van der Waals surface area (Å²) in [5.74, 6) is 1.24. The van der Waals surface area contributed by atoms with Crippen LogP contribution in [0.4, 0.5) is 4.39 Å². The predicted molar refractivity (Wildman–Crippen MR) is 102 cm³/mol. The molecule has 0 unspecified atom stereocenters. The number of ether oxygens (including phenoxy) is 2. The Morgan fingerprint density at radius 2 is 1.81 bits per heavy atom. The van der Waals surface area contributed by atoms with Crippen LogP contribution in [0.2, 0.25) is 0 Å². The first kappa shape index (κ1) is 18.0. The van der Waals surface area contributed by atoms with Crippen molar-refractivity contribution in [2.45, 2.75) is 18.9 Å². The summed E-state index contributed by atoms with van der Waals surface area (Å²) < 4.78 is 24.4. The summed E-state index contributed by atoms with van der Waals surface area (Å²) in [6.45, 7) is 3.49. The third kappa shape index (κ3) is 4.31. The number of rotatable bonds is 4. The van der Waals surface area contributed by atoms with E-state index in [1.807, 2.05) is 30.3 Å². The SMILES string of the molecule is O[C@@H](CN1CC=C(c2ccc(F)cc2)CC1)c1ccc2c(c1)OCCCO2. The summed E-state index contributed by atoms with van der Waals surface area (Å²) in [5, 5.41) is 10.7. The molecular weight excluding hydrogens is 345 g/mol. The van der Waals surface area contributed by atoms with Gasteiger partial charge in [0, 0.05) is 26.1 Å². The minimum atomic E-state index is -0.581. The van der Waals surface area contributed by atoms with Crippen molar-refractivity contribution >= 4 is 5.57 Å². The first-order chi connectivity index (χ1) is 13.2. The van der Waals surface area contributed by atoms with Crippen LogP contribution in [0.5, 0.6) is 11.5 Å². The lowest BCUT2D eigenvalue weighted by Gasteiger charge is -2.28. The number of halogens is 1. The van der Waals surface area contributed by atoms with Crippen molar-refractivity contribution in [1.29, 1.82) is 0 Å². The average Bonchev–Trinajstić information content (AvgIpc) is 2.94. The first-order valence-corrected chi connectivity index (χ1v) is 9.44. The maximum atomic E-state index is 13.1. The molecule has 0 spiro atoms. The van der Waals surface area contributed by atoms with Crippen molar-refractivity contribution in [2.75, 3.05) is 32.8 Å². The van der Waals surface area contributed by atoms with E-state index in [1.54, 1.807) is 0 Å². The van der Waals surface area contributed by atoms with Gasteiger partial charge in [0.05, 0.1) is 19.3 Å². The quantitative estimate of drug-likeness (QED) is 0.890. The van der Waals surface area contributed by atoms with Gasteiger partial charge in [0.25, 0.3) is 0 Å². The van der Waals surface area contributed by atoms with Crippen molar-refractivity contribution in [3.63, 3.8) is 0 Å². The zero-order chi connectivity index (χ0) is 18.6. The van der Waals surface area contributed by atoms with Crippen molar-refractivity contribution in [3.8, 4) is 11.5 Å². The van der Waals surface area contributed by atoms with Gasteiger partial charge in [-0.1, -0.05) is 24.3 Å². The van der Waals surface area contributed by atoms with Gasteiger partial charge in [0.1, 0.15) is 5.82 Å². The Kier molecular flexibility index (Phi) is 5.41. The van der Waals surface area contributed by atoms with Gasteiger partial charge in [-0.3, -0.25) is 4.90 Å². The molecule has 2 aromatic carbocycles. The second-order valence-electron chi connectivity index (χ2n) is 7.02. The van der Waals surface area contributed by atoms with Crippen LogP contribution < -0.4 is 9.47 Å². The van der Waals surface area contributed by atoms with Crippen LogP contribution in [0.1, 0.15) is 30.1 Å². The molecule has 0 radical (unpaired) electrons. The molecule has 0 fully saturated rings. The Morgan fingerprint density at radius 3 is 2.56 bits per heavy atom. The minimum absolute atomic E-state index is 0.213. The summed E-state index contributed by atoms with van der Waals surface area (Å²) in [7, 11) is 0. The van der Waals surface area contributed by atoms with Gasteiger partial charge in [0.15, 0.2) is 11.5 Å². The van der Waals surface area contributed by atoms with Crippen molar-refractivity contribution in [2.24, 2.45) is 0 Å². The van der Waals surface area contributed by atoms with E-state index in [-0.39, 0.29) is 5.82 Å². The number of benzene rings is 2. The van der Waals surface area contributed by atoms with E-state index in [0.717, 1.165) is 42.8 Å². The molecule has 4 nitrogen and oxygen atoms in total. The van der Waals surface area contributed by atoms with Gasteiger partial charge in [-0.25, -0.2) is 4.39 Å². The Bertz CT molecular complexity index is 819. The van der Waals surface area contributed by atoms with Crippen LogP contribution in [-0.4, -0.2) is 42.9 Å². The monoisotopic (exact) mass is 369 g/mol. The Morgan fingerprint density at radius 1 is 1.04 bits per heavy atom. The van der Waals surface area contributed by atoms with E-state index in [0.29, 0.717) is 25.5 Å². The molecule has 2 heterocycles. The molecule has 2 aromatic rings. The molecular formula is C22H24FNO3. The van der Waals surface area contributed by atoms with Crippen LogP contribution in [0, 0.1) is 5.82 Å². The lowest BCUT2D eigenvalue weighted by molar-refractivity contribution is 0.118. The fourth-order valence-corrected chi connectivity index (χ4v) is 3.54. The van der Waals surface area contributed by atoms with Gasteiger partial charge < -0.3 is 14.6 Å². The molecule has 0 aromatic heterocycles. The molecule has 2 aliphatic heterocycles. The number of β-amino-alcohol motifs (C(OH)–C–C–N with tert-alkyl or cyclic N) is 1. The lowest BCUT2D eigenvalue weighted by atomic mass is 9.99. The van der Waals surface area contributed by atoms with E-state index in [4.69, 9.17) is 9.47 Å². The van der Waals surface area contributed by atoms with E-state index >= 15 is 0 Å². The van der Waals surface area contributed by atoms with Gasteiger partial charge in [-0.2, -0.15) is 0 Å². The smallest absolute Gasteiger partial charge is 0.161 e. The third-order valence-corrected chi connectivity index (χ3v) is 5.10. The van der Waals surface area contributed by atoms with E-state index in [1.165, 1.54) is 17.7 Å². The number of aliphatic hydroxyl groups excluding tert-OH is 1. The van der Waals surface area contributed by atoms with Crippen LogP contribution in [0.15, 0.2) is 48.5 Å². The third-order valence-electron chi connectivity index (χ3n) is 5.10. The van der Waals surface area contributed by atoms with E-state index in [2.05, 4.69) is 11.0 Å². The maximum absolute atomic E-state index is 13.1. The average molecular weight is 369 g/mol. The highest BCUT2D eigenvalue weighted by molar-refractivity contribution is 5.66. The summed E-state index contributed by atoms with van der Waals surface area (Å²) in [4.78, 5) is 2.22. The van der Waals surface area contributed by atoms with Gasteiger partial charge in [0.2, 0.25) is 0 Å². The summed E-state index contributed by atoms with van der Waals surface area (Å²) in [5.41, 5.74) is 3.14. The minimum Gasteiger partial charge on any atom is -0.490 e. The van der Waals surface area contributed by atoms with Gasteiger partial charge >= 0.3 is 0 Å². The molecule has 0 amide bonds. The van der Waals surface area contributed by atoms with Gasteiger partial charge in [-0.15, -0.1) is 0 Å². The van der Waals surface area contributed by atoms with Crippen LogP contribution in [0.25, 0.3) is 5.57 Å². The fraction of sp³-hybridized carbons (Fsp3) is 0.364. The molecule has 0 aliphatic carbocycles. The molecule has 1 atom stereocenters. The Balaban J connectivity index is 1.38. The molecule has 27 heavy (non-hydrogen) atoms. The fourth-order valence-electron chi connectivity index (χ4n) is 3.54. The number of nitrogens with zero attached hydrogens (tertiary/aromatic N) is 1. The zero-order valence-corrected chi connectivity index (χ0v) is 15.2. The topological polar surface area (TPSA) is 41.9 Å². The molecule has 0 bridgehead atoms. The van der Waals surface area contributed by atoms with Crippen molar-refractivity contribution in [3.05, 3.63) is 65.5 Å². The van der Waals surface area contributed by atoms with E-state index in [9.17, 15) is 9.50 Å². The predicted octanol–water partition coefficient (Wildman–Crippen LogP) is 3.81. The summed E-state index contributed by atoms with van der Waals surface area (Å²) in [6, 6.07) is 12.3. The number of hydrogen-bond donors (Lipinski definition) is 1.